The highest BCUT2D eigenvalue weighted by Gasteiger charge is 2.57. The van der Waals surface area contributed by atoms with Crippen LogP contribution in [-0.2, 0) is 5.41 Å². The summed E-state index contributed by atoms with van der Waals surface area (Å²) in [4.78, 5) is 15.8. The molecule has 67 heavy (non-hydrogen) atoms. The zero-order valence-corrected chi connectivity index (χ0v) is 37.5. The van der Waals surface area contributed by atoms with E-state index in [1.54, 1.807) is 11.1 Å². The van der Waals surface area contributed by atoms with Gasteiger partial charge in [0.05, 0.1) is 0 Å². The summed E-state index contributed by atoms with van der Waals surface area (Å²) in [5, 5.41) is 9.93. The van der Waals surface area contributed by atoms with Gasteiger partial charge in [0.25, 0.3) is 0 Å². The van der Waals surface area contributed by atoms with Crippen LogP contribution in [0.1, 0.15) is 43.7 Å². The van der Waals surface area contributed by atoms with Crippen LogP contribution in [0.15, 0.2) is 200 Å². The SMILES string of the molecule is C[C@@H]1C[C@@H]2CC[C@@H](C2)C12c1ccccc1-c1c(-c3ccc(-c4nc(-c5ccccc5)nc(-c5cccc(-c6ccc7c8ccccc8c8ccccc8c7c6)c5)n4)c4ccccc34)cccc12. The molecular formula is C64H47N3. The maximum atomic E-state index is 5.36. The summed E-state index contributed by atoms with van der Waals surface area (Å²) < 4.78 is 0. The Bertz CT molecular complexity index is 3780. The molecule has 10 aromatic carbocycles. The second-order valence-corrected chi connectivity index (χ2v) is 19.5. The van der Waals surface area contributed by atoms with E-state index in [4.69, 9.17) is 15.0 Å². The average Bonchev–Trinajstić information content (AvgIpc) is 3.95. The number of nitrogens with zero attached hydrogens (tertiary/aromatic N) is 3. The Kier molecular flexibility index (Phi) is 8.56. The first-order chi connectivity index (χ1) is 33.1. The van der Waals surface area contributed by atoms with Crippen molar-refractivity contribution in [1.82, 2.24) is 15.0 Å². The Hall–Kier alpha value is -7.75. The third-order valence-electron chi connectivity index (χ3n) is 16.1. The smallest absolute Gasteiger partial charge is 0.164 e. The molecule has 3 heteroatoms. The third-order valence-corrected chi connectivity index (χ3v) is 16.1. The molecule has 11 aromatic rings. The number of aromatic nitrogens is 3. The van der Waals surface area contributed by atoms with Crippen LogP contribution in [0.4, 0.5) is 0 Å². The fourth-order valence-electron chi connectivity index (χ4n) is 13.4. The fraction of sp³-hybridized carbons (Fsp3) is 0.141. The molecule has 3 aliphatic carbocycles. The Balaban J connectivity index is 0.919. The predicted molar refractivity (Wildman–Crippen MR) is 278 cm³/mol. The minimum Gasteiger partial charge on any atom is -0.208 e. The molecule has 1 heterocycles. The number of fused-ring (bicyclic) bond motifs is 15. The Morgan fingerprint density at radius 3 is 1.67 bits per heavy atom. The minimum atomic E-state index is 0.0642. The summed E-state index contributed by atoms with van der Waals surface area (Å²) >= 11 is 0. The molecule has 318 valence electrons. The summed E-state index contributed by atoms with van der Waals surface area (Å²) in [6.07, 6.45) is 5.36. The van der Waals surface area contributed by atoms with Crippen molar-refractivity contribution in [1.29, 1.82) is 0 Å². The van der Waals surface area contributed by atoms with Crippen LogP contribution in [0.25, 0.3) is 111 Å². The normalized spacial score (nSPS) is 19.4. The van der Waals surface area contributed by atoms with E-state index < -0.39 is 0 Å². The Labute approximate surface area is 390 Å². The van der Waals surface area contributed by atoms with Gasteiger partial charge in [-0.3, -0.25) is 0 Å². The molecule has 0 aliphatic heterocycles. The predicted octanol–water partition coefficient (Wildman–Crippen LogP) is 16.5. The standard InChI is InChI=1S/C64H47N3/c1-39-35-40-29-31-45(36-40)64(39)58-27-12-11-25-56(58)60-54(26-14-28-59(60)64)52-33-34-55(50-23-9-7-22-49(50)52)63-66-61(41-15-3-2-4-16-41)65-62(67-63)44-18-13-17-42(37-44)43-30-32-53-48-21-6-5-19-46(48)47-20-8-10-24-51(47)57(53)38-43/h2-28,30,32-34,37-40,45H,29,31,35-36H2,1H3/t39-,40+,45+,64?/m1/s1. The first-order valence-electron chi connectivity index (χ1n) is 24.1. The Morgan fingerprint density at radius 1 is 0.358 bits per heavy atom. The van der Waals surface area contributed by atoms with Crippen LogP contribution >= 0.6 is 0 Å². The van der Waals surface area contributed by atoms with Crippen molar-refractivity contribution in [2.24, 2.45) is 17.8 Å². The lowest BCUT2D eigenvalue weighted by molar-refractivity contribution is 0.162. The topological polar surface area (TPSA) is 38.7 Å². The van der Waals surface area contributed by atoms with Gasteiger partial charge in [0.15, 0.2) is 17.5 Å². The lowest BCUT2D eigenvalue weighted by Crippen LogP contribution is -2.43. The molecule has 2 fully saturated rings. The largest absolute Gasteiger partial charge is 0.208 e. The van der Waals surface area contributed by atoms with E-state index >= 15 is 0 Å². The highest BCUT2D eigenvalue weighted by molar-refractivity contribution is 6.25. The first kappa shape index (κ1) is 38.5. The molecule has 0 radical (unpaired) electrons. The average molecular weight is 858 g/mol. The fourth-order valence-corrected chi connectivity index (χ4v) is 13.4. The van der Waals surface area contributed by atoms with Crippen molar-refractivity contribution in [3.63, 3.8) is 0 Å². The van der Waals surface area contributed by atoms with Crippen LogP contribution in [-0.4, -0.2) is 15.0 Å². The van der Waals surface area contributed by atoms with Crippen molar-refractivity contribution in [2.75, 3.05) is 0 Å². The van der Waals surface area contributed by atoms with Crippen molar-refractivity contribution in [3.8, 4) is 67.5 Å². The molecule has 2 bridgehead atoms. The second-order valence-electron chi connectivity index (χ2n) is 19.5. The van der Waals surface area contributed by atoms with Gasteiger partial charge in [0, 0.05) is 22.1 Å². The van der Waals surface area contributed by atoms with Gasteiger partial charge in [0.2, 0.25) is 0 Å². The minimum absolute atomic E-state index is 0.0642. The number of benzene rings is 10. The molecule has 14 rings (SSSR count). The van der Waals surface area contributed by atoms with Crippen LogP contribution < -0.4 is 0 Å². The number of hydrogen-bond acceptors (Lipinski definition) is 3. The molecule has 1 aromatic heterocycles. The summed E-state index contributed by atoms with van der Waals surface area (Å²) in [6.45, 7) is 2.54. The van der Waals surface area contributed by atoms with Crippen LogP contribution in [0, 0.1) is 17.8 Å². The first-order valence-corrected chi connectivity index (χ1v) is 24.1. The van der Waals surface area contributed by atoms with E-state index in [1.165, 1.54) is 85.6 Å². The van der Waals surface area contributed by atoms with E-state index in [-0.39, 0.29) is 5.41 Å². The molecule has 0 saturated heterocycles. The van der Waals surface area contributed by atoms with E-state index in [0.717, 1.165) is 39.1 Å². The number of hydrogen-bond donors (Lipinski definition) is 0. The van der Waals surface area contributed by atoms with E-state index in [2.05, 4.69) is 201 Å². The van der Waals surface area contributed by atoms with Gasteiger partial charge in [-0.1, -0.05) is 195 Å². The van der Waals surface area contributed by atoms with Gasteiger partial charge in [-0.25, -0.2) is 15.0 Å². The molecule has 4 atom stereocenters. The zero-order valence-electron chi connectivity index (χ0n) is 37.5. The van der Waals surface area contributed by atoms with Crippen LogP contribution in [0.2, 0.25) is 0 Å². The maximum Gasteiger partial charge on any atom is 0.164 e. The van der Waals surface area contributed by atoms with Crippen molar-refractivity contribution >= 4 is 43.1 Å². The van der Waals surface area contributed by atoms with Crippen molar-refractivity contribution in [2.45, 2.75) is 38.0 Å². The molecule has 1 spiro atoms. The molecule has 2 saturated carbocycles. The lowest BCUT2D eigenvalue weighted by Gasteiger charge is -2.46. The number of rotatable bonds is 5. The summed E-state index contributed by atoms with van der Waals surface area (Å²) in [7, 11) is 0. The van der Waals surface area contributed by atoms with Gasteiger partial charge < -0.3 is 0 Å². The van der Waals surface area contributed by atoms with E-state index in [9.17, 15) is 0 Å². The molecule has 0 N–H and O–H groups in total. The summed E-state index contributed by atoms with van der Waals surface area (Å²) in [5.74, 6) is 4.12. The molecular weight excluding hydrogens is 811 g/mol. The van der Waals surface area contributed by atoms with Gasteiger partial charge in [-0.2, -0.15) is 0 Å². The molecule has 1 unspecified atom stereocenters. The highest BCUT2D eigenvalue weighted by Crippen LogP contribution is 2.66. The highest BCUT2D eigenvalue weighted by atomic mass is 15.0. The molecule has 3 nitrogen and oxygen atoms in total. The third kappa shape index (κ3) is 5.74. The second kappa shape index (κ2) is 14.9. The van der Waals surface area contributed by atoms with Gasteiger partial charge in [-0.05, 0) is 143 Å². The Morgan fingerprint density at radius 2 is 0.896 bits per heavy atom. The lowest BCUT2D eigenvalue weighted by atomic mass is 9.56. The van der Waals surface area contributed by atoms with Gasteiger partial charge in [0.1, 0.15) is 0 Å². The van der Waals surface area contributed by atoms with Crippen LogP contribution in [0.3, 0.4) is 0 Å². The van der Waals surface area contributed by atoms with E-state index in [1.807, 2.05) is 6.07 Å². The maximum absolute atomic E-state index is 5.36. The van der Waals surface area contributed by atoms with E-state index in [0.29, 0.717) is 29.3 Å². The molecule has 0 amide bonds. The summed E-state index contributed by atoms with van der Waals surface area (Å²) in [5.41, 5.74) is 13.7. The molecule has 3 aliphatic rings. The van der Waals surface area contributed by atoms with Gasteiger partial charge in [-0.15, -0.1) is 0 Å². The van der Waals surface area contributed by atoms with Gasteiger partial charge >= 0.3 is 0 Å². The monoisotopic (exact) mass is 857 g/mol. The van der Waals surface area contributed by atoms with Crippen molar-refractivity contribution < 1.29 is 0 Å². The summed E-state index contributed by atoms with van der Waals surface area (Å²) in [6, 6.07) is 73.4. The zero-order chi connectivity index (χ0) is 44.2. The van der Waals surface area contributed by atoms with Crippen molar-refractivity contribution in [3.05, 3.63) is 211 Å². The van der Waals surface area contributed by atoms with Crippen LogP contribution in [0.5, 0.6) is 0 Å². The quantitative estimate of drug-likeness (QED) is 0.162.